The Morgan fingerprint density at radius 2 is 1.31 bits per heavy atom. The van der Waals surface area contributed by atoms with Crippen molar-refractivity contribution in [3.63, 3.8) is 0 Å². The van der Waals surface area contributed by atoms with E-state index in [9.17, 15) is 24.2 Å². The van der Waals surface area contributed by atoms with Gasteiger partial charge in [0.1, 0.15) is 17.3 Å². The number of aliphatic hydroxyl groups excluding tert-OH is 2. The van der Waals surface area contributed by atoms with Gasteiger partial charge in [-0.15, -0.1) is 0 Å². The summed E-state index contributed by atoms with van der Waals surface area (Å²) in [5.74, 6) is -2.16. The Bertz CT molecular complexity index is 1460. The van der Waals surface area contributed by atoms with Crippen molar-refractivity contribution in [1.82, 2.24) is 9.78 Å². The molecule has 0 amide bonds. The quantitative estimate of drug-likeness (QED) is 0.366. The smallest absolute Gasteiger partial charge is 0.163 e. The number of halogens is 1. The first kappa shape index (κ1) is 26.6. The van der Waals surface area contributed by atoms with Crippen molar-refractivity contribution in [1.29, 1.82) is 0 Å². The molecule has 3 aromatic rings. The minimum atomic E-state index is -1.03. The van der Waals surface area contributed by atoms with E-state index in [1.165, 1.54) is 12.1 Å². The maximum atomic E-state index is 13.9. The number of nitrogens with zero attached hydrogens (tertiary/aromatic N) is 2. The fourth-order valence-electron chi connectivity index (χ4n) is 5.86. The van der Waals surface area contributed by atoms with Crippen molar-refractivity contribution in [2.45, 2.75) is 59.3 Å². The van der Waals surface area contributed by atoms with Crippen molar-refractivity contribution in [2.75, 3.05) is 0 Å². The molecule has 7 heteroatoms. The van der Waals surface area contributed by atoms with Gasteiger partial charge >= 0.3 is 0 Å². The Balaban J connectivity index is 1.81. The molecule has 0 bridgehead atoms. The predicted molar refractivity (Wildman–Crippen MR) is 147 cm³/mol. The number of hydrogen-bond donors (Lipinski definition) is 2. The lowest BCUT2D eigenvalue weighted by molar-refractivity contribution is -0.119. The number of aromatic nitrogens is 2. The third kappa shape index (κ3) is 5.18. The van der Waals surface area contributed by atoms with E-state index in [-0.39, 0.29) is 59.9 Å². The molecule has 0 spiro atoms. The van der Waals surface area contributed by atoms with Crippen LogP contribution in [0.15, 0.2) is 83.5 Å². The number of carbonyl (C=O) groups is 2. The van der Waals surface area contributed by atoms with Crippen molar-refractivity contribution < 1.29 is 24.2 Å². The number of para-hydroxylation sites is 1. The summed E-state index contributed by atoms with van der Waals surface area (Å²) in [6, 6.07) is 15.2. The topological polar surface area (TPSA) is 92.4 Å². The first-order valence-corrected chi connectivity index (χ1v) is 13.2. The van der Waals surface area contributed by atoms with Crippen LogP contribution in [0, 0.1) is 16.6 Å². The molecule has 0 atom stereocenters. The highest BCUT2D eigenvalue weighted by molar-refractivity contribution is 6.06. The predicted octanol–water partition coefficient (Wildman–Crippen LogP) is 7.16. The molecule has 0 aliphatic heterocycles. The number of benzene rings is 2. The number of ketones is 2. The number of carbonyl (C=O) groups excluding carboxylic acids is 2. The molecule has 0 saturated heterocycles. The van der Waals surface area contributed by atoms with Crippen LogP contribution in [-0.4, -0.2) is 31.6 Å². The fourth-order valence-corrected chi connectivity index (χ4v) is 5.86. The van der Waals surface area contributed by atoms with Crippen molar-refractivity contribution in [3.8, 4) is 16.9 Å². The van der Waals surface area contributed by atoms with Crippen LogP contribution in [0.1, 0.15) is 64.9 Å². The first-order chi connectivity index (χ1) is 18.3. The number of Topliss-reactive ketones (excluding diaryl/α,β-unsaturated/α-hetero) is 2. The third-order valence-electron chi connectivity index (χ3n) is 7.56. The molecular formula is C32H33FN2O4. The summed E-state index contributed by atoms with van der Waals surface area (Å²) in [6.07, 6.45) is 2.64. The van der Waals surface area contributed by atoms with Gasteiger partial charge in [0.05, 0.1) is 17.3 Å². The molecule has 39 heavy (non-hydrogen) atoms. The number of aliphatic hydroxyl groups is 2. The van der Waals surface area contributed by atoms with Gasteiger partial charge in [-0.1, -0.05) is 45.9 Å². The molecule has 2 aliphatic rings. The van der Waals surface area contributed by atoms with Gasteiger partial charge in [0.25, 0.3) is 0 Å². The van der Waals surface area contributed by atoms with Gasteiger partial charge in [-0.2, -0.15) is 5.10 Å². The molecule has 202 valence electrons. The lowest BCUT2D eigenvalue weighted by Crippen LogP contribution is -2.33. The maximum Gasteiger partial charge on any atom is 0.163 e. The molecule has 5 rings (SSSR count). The monoisotopic (exact) mass is 528 g/mol. The molecule has 1 heterocycles. The largest absolute Gasteiger partial charge is 0.512 e. The molecule has 0 saturated carbocycles. The molecule has 2 aromatic carbocycles. The highest BCUT2D eigenvalue weighted by Gasteiger charge is 2.45. The fraction of sp³-hybridized carbons (Fsp3) is 0.344. The van der Waals surface area contributed by atoms with Gasteiger partial charge in [0, 0.05) is 54.2 Å². The van der Waals surface area contributed by atoms with Crippen LogP contribution in [0.5, 0.6) is 0 Å². The molecule has 0 radical (unpaired) electrons. The molecular weight excluding hydrogens is 495 g/mol. The second-order valence-electron chi connectivity index (χ2n) is 12.3. The highest BCUT2D eigenvalue weighted by atomic mass is 19.1. The van der Waals surface area contributed by atoms with Crippen LogP contribution in [-0.2, 0) is 9.59 Å². The second-order valence-corrected chi connectivity index (χ2v) is 12.3. The number of hydrogen-bond acceptors (Lipinski definition) is 5. The zero-order valence-electron chi connectivity index (χ0n) is 22.7. The van der Waals surface area contributed by atoms with E-state index in [0.29, 0.717) is 16.8 Å². The van der Waals surface area contributed by atoms with Crippen LogP contribution < -0.4 is 0 Å². The summed E-state index contributed by atoms with van der Waals surface area (Å²) >= 11 is 0. The number of allylic oxidation sites excluding steroid dienone is 4. The van der Waals surface area contributed by atoms with Crippen molar-refractivity contribution in [3.05, 3.63) is 94.8 Å². The molecule has 2 N–H and O–H groups in total. The summed E-state index contributed by atoms with van der Waals surface area (Å²) in [5.41, 5.74) is 1.57. The Morgan fingerprint density at radius 3 is 1.79 bits per heavy atom. The summed E-state index contributed by atoms with van der Waals surface area (Å²) < 4.78 is 15.5. The number of rotatable bonds is 5. The highest BCUT2D eigenvalue weighted by Crippen LogP contribution is 2.49. The molecule has 0 unspecified atom stereocenters. The Hall–Kier alpha value is -4.00. The minimum absolute atomic E-state index is 0.0864. The zero-order chi connectivity index (χ0) is 28.1. The van der Waals surface area contributed by atoms with Crippen molar-refractivity contribution >= 4 is 11.6 Å². The lowest BCUT2D eigenvalue weighted by atomic mass is 9.67. The van der Waals surface area contributed by atoms with Gasteiger partial charge in [-0.3, -0.25) is 9.59 Å². The second kappa shape index (κ2) is 9.63. The Labute approximate surface area is 227 Å². The molecule has 6 nitrogen and oxygen atoms in total. The van der Waals surface area contributed by atoms with Crippen LogP contribution in [0.4, 0.5) is 4.39 Å². The summed E-state index contributed by atoms with van der Waals surface area (Å²) in [4.78, 5) is 27.4. The van der Waals surface area contributed by atoms with E-state index in [1.54, 1.807) is 23.0 Å². The summed E-state index contributed by atoms with van der Waals surface area (Å²) in [7, 11) is 0. The Morgan fingerprint density at radius 1 is 0.795 bits per heavy atom. The van der Waals surface area contributed by atoms with E-state index >= 15 is 0 Å². The third-order valence-corrected chi connectivity index (χ3v) is 7.56. The van der Waals surface area contributed by atoms with Crippen LogP contribution in [0.3, 0.4) is 0 Å². The van der Waals surface area contributed by atoms with Crippen molar-refractivity contribution in [2.24, 2.45) is 10.8 Å². The van der Waals surface area contributed by atoms with E-state index < -0.39 is 22.6 Å². The zero-order valence-corrected chi connectivity index (χ0v) is 22.7. The van der Waals surface area contributed by atoms with E-state index in [1.807, 2.05) is 58.0 Å². The van der Waals surface area contributed by atoms with E-state index in [0.717, 1.165) is 5.69 Å². The normalized spacial score (nSPS) is 19.2. The van der Waals surface area contributed by atoms with E-state index in [2.05, 4.69) is 0 Å². The van der Waals surface area contributed by atoms with Crippen LogP contribution in [0.2, 0.25) is 0 Å². The minimum Gasteiger partial charge on any atom is -0.512 e. The van der Waals surface area contributed by atoms with Crippen LogP contribution in [0.25, 0.3) is 16.9 Å². The molecule has 0 fully saturated rings. The lowest BCUT2D eigenvalue weighted by Gasteiger charge is -2.36. The van der Waals surface area contributed by atoms with Gasteiger partial charge in [-0.05, 0) is 47.2 Å². The first-order valence-electron chi connectivity index (χ1n) is 13.2. The summed E-state index contributed by atoms with van der Waals surface area (Å²) in [6.45, 7) is 7.65. The van der Waals surface area contributed by atoms with Gasteiger partial charge in [0.2, 0.25) is 0 Å². The summed E-state index contributed by atoms with van der Waals surface area (Å²) in [5, 5.41) is 27.4. The molecule has 1 aromatic heterocycles. The SMILES string of the molecule is CC1(C)CC(=O)C(C(C2=C(O)CC(C)(C)CC2=O)c2cn(-c3ccccc3)nc2-c2ccc(F)cc2)=C(O)C1. The standard InChI is InChI=1S/C32H33FN2O4/c1-31(2)14-23(36)28(24(37)15-31)27(29-25(38)16-32(3,4)17-26(29)39)22-18-35(21-8-6-5-7-9-21)34-30(22)19-10-12-20(33)13-11-19/h5-13,18,27,36,38H,14-17H2,1-4H3. The average Bonchev–Trinajstić information content (AvgIpc) is 3.27. The van der Waals surface area contributed by atoms with Crippen LogP contribution >= 0.6 is 0 Å². The van der Waals surface area contributed by atoms with Gasteiger partial charge in [-0.25, -0.2) is 9.07 Å². The maximum absolute atomic E-state index is 13.9. The van der Waals surface area contributed by atoms with E-state index in [4.69, 9.17) is 5.10 Å². The van der Waals surface area contributed by atoms with Gasteiger partial charge in [0.15, 0.2) is 11.6 Å². The van der Waals surface area contributed by atoms with Gasteiger partial charge < -0.3 is 10.2 Å². The Kier molecular flexibility index (Phi) is 6.57. The molecule has 2 aliphatic carbocycles. The average molecular weight is 529 g/mol.